The highest BCUT2D eigenvalue weighted by molar-refractivity contribution is 5.75. The fraction of sp³-hybridized carbons (Fsp3) is 0.188. The third kappa shape index (κ3) is 2.91. The summed E-state index contributed by atoms with van der Waals surface area (Å²) in [6, 6.07) is 15.6. The van der Waals surface area contributed by atoms with Crippen molar-refractivity contribution in [1.29, 1.82) is 0 Å². The van der Waals surface area contributed by atoms with Gasteiger partial charge < -0.3 is 5.11 Å². The molecule has 0 aromatic heterocycles. The summed E-state index contributed by atoms with van der Waals surface area (Å²) in [7, 11) is 0. The SMILES string of the molecule is CC(C(=O)O)c1cccc(C(N=O)c2ccccc2)c1. The molecule has 0 heterocycles. The molecule has 0 aliphatic rings. The maximum absolute atomic E-state index is 11.2. The third-order valence-corrected chi connectivity index (χ3v) is 3.32. The summed E-state index contributed by atoms with van der Waals surface area (Å²) in [6.45, 7) is 1.62. The molecule has 0 fully saturated rings. The Labute approximate surface area is 117 Å². The fourth-order valence-electron chi connectivity index (χ4n) is 2.09. The smallest absolute Gasteiger partial charge is 0.310 e. The van der Waals surface area contributed by atoms with Crippen molar-refractivity contribution in [3.8, 4) is 0 Å². The standard InChI is InChI=1S/C16H15NO3/c1-11(16(18)19)13-8-5-9-14(10-13)15(17-20)12-6-3-2-4-7-12/h2-11,15H,1H3,(H,18,19). The number of rotatable bonds is 5. The fourth-order valence-corrected chi connectivity index (χ4v) is 2.09. The second-order valence-electron chi connectivity index (χ2n) is 4.65. The van der Waals surface area contributed by atoms with Gasteiger partial charge in [0.05, 0.1) is 5.92 Å². The van der Waals surface area contributed by atoms with Crippen LogP contribution in [0.1, 0.15) is 35.6 Å². The van der Waals surface area contributed by atoms with E-state index < -0.39 is 17.9 Å². The predicted octanol–water partition coefficient (Wildman–Crippen LogP) is 3.73. The van der Waals surface area contributed by atoms with Crippen molar-refractivity contribution in [2.45, 2.75) is 18.9 Å². The van der Waals surface area contributed by atoms with Crippen LogP contribution in [0, 0.1) is 4.91 Å². The van der Waals surface area contributed by atoms with E-state index in [-0.39, 0.29) is 0 Å². The van der Waals surface area contributed by atoms with Crippen LogP contribution in [-0.2, 0) is 4.79 Å². The van der Waals surface area contributed by atoms with Gasteiger partial charge in [-0.1, -0.05) is 59.8 Å². The van der Waals surface area contributed by atoms with Crippen LogP contribution in [0.4, 0.5) is 0 Å². The lowest BCUT2D eigenvalue weighted by Crippen LogP contribution is -2.08. The Morgan fingerprint density at radius 1 is 1.00 bits per heavy atom. The van der Waals surface area contributed by atoms with Gasteiger partial charge in [0.1, 0.15) is 6.04 Å². The molecule has 2 aromatic carbocycles. The normalized spacial score (nSPS) is 13.4. The zero-order chi connectivity index (χ0) is 14.5. The van der Waals surface area contributed by atoms with Crippen molar-refractivity contribution in [2.75, 3.05) is 0 Å². The van der Waals surface area contributed by atoms with Gasteiger partial charge in [0.25, 0.3) is 0 Å². The average molecular weight is 269 g/mol. The van der Waals surface area contributed by atoms with Gasteiger partial charge in [-0.2, -0.15) is 0 Å². The Morgan fingerprint density at radius 3 is 2.20 bits per heavy atom. The van der Waals surface area contributed by atoms with Crippen LogP contribution in [-0.4, -0.2) is 11.1 Å². The Kier molecular flexibility index (Phi) is 4.25. The zero-order valence-electron chi connectivity index (χ0n) is 11.1. The second kappa shape index (κ2) is 6.10. The number of aliphatic carboxylic acids is 1. The van der Waals surface area contributed by atoms with Gasteiger partial charge in [-0.25, -0.2) is 0 Å². The average Bonchev–Trinajstić information content (AvgIpc) is 2.48. The highest BCUT2D eigenvalue weighted by Gasteiger charge is 2.18. The van der Waals surface area contributed by atoms with Gasteiger partial charge in [0.15, 0.2) is 0 Å². The van der Waals surface area contributed by atoms with Crippen molar-refractivity contribution >= 4 is 5.97 Å². The largest absolute Gasteiger partial charge is 0.481 e. The minimum Gasteiger partial charge on any atom is -0.481 e. The molecule has 2 aromatic rings. The number of hydrogen-bond acceptors (Lipinski definition) is 3. The monoisotopic (exact) mass is 269 g/mol. The molecule has 20 heavy (non-hydrogen) atoms. The molecule has 0 radical (unpaired) electrons. The van der Waals surface area contributed by atoms with Crippen LogP contribution in [0.15, 0.2) is 59.8 Å². The van der Waals surface area contributed by atoms with E-state index in [0.29, 0.717) is 11.1 Å². The topological polar surface area (TPSA) is 66.7 Å². The molecule has 0 saturated carbocycles. The lowest BCUT2D eigenvalue weighted by Gasteiger charge is -2.13. The Balaban J connectivity index is 2.39. The summed E-state index contributed by atoms with van der Waals surface area (Å²) in [5, 5.41) is 12.2. The van der Waals surface area contributed by atoms with Crippen LogP contribution in [0.3, 0.4) is 0 Å². The summed E-state index contributed by atoms with van der Waals surface area (Å²) in [5.41, 5.74) is 2.17. The minimum atomic E-state index is -0.891. The van der Waals surface area contributed by atoms with Crippen molar-refractivity contribution in [3.05, 3.63) is 76.2 Å². The minimum absolute atomic E-state index is 0.613. The first-order valence-electron chi connectivity index (χ1n) is 6.33. The Bertz CT molecular complexity index is 610. The molecule has 2 atom stereocenters. The number of carboxylic acid groups (broad SMARTS) is 1. The molecule has 0 aliphatic heterocycles. The summed E-state index contributed by atoms with van der Waals surface area (Å²) < 4.78 is 0. The van der Waals surface area contributed by atoms with Crippen LogP contribution >= 0.6 is 0 Å². The maximum Gasteiger partial charge on any atom is 0.310 e. The summed E-state index contributed by atoms with van der Waals surface area (Å²) in [5.74, 6) is -1.50. The summed E-state index contributed by atoms with van der Waals surface area (Å²) in [4.78, 5) is 22.2. The third-order valence-electron chi connectivity index (χ3n) is 3.32. The van der Waals surface area contributed by atoms with Gasteiger partial charge in [-0.05, 0) is 23.6 Å². The number of hydrogen-bond donors (Lipinski definition) is 1. The Morgan fingerprint density at radius 2 is 1.60 bits per heavy atom. The van der Waals surface area contributed by atoms with E-state index in [0.717, 1.165) is 5.56 Å². The highest BCUT2D eigenvalue weighted by atomic mass is 16.4. The van der Waals surface area contributed by atoms with Gasteiger partial charge in [0, 0.05) is 0 Å². The zero-order valence-corrected chi connectivity index (χ0v) is 11.1. The molecular formula is C16H15NO3. The molecule has 0 aliphatic carbocycles. The summed E-state index contributed by atoms with van der Waals surface area (Å²) in [6.07, 6.45) is 0. The van der Waals surface area contributed by atoms with Gasteiger partial charge in [-0.15, -0.1) is 4.91 Å². The number of benzene rings is 2. The lowest BCUT2D eigenvalue weighted by molar-refractivity contribution is -0.138. The first-order chi connectivity index (χ1) is 9.63. The number of nitrogens with zero attached hydrogens (tertiary/aromatic N) is 1. The van der Waals surface area contributed by atoms with E-state index in [9.17, 15) is 9.70 Å². The van der Waals surface area contributed by atoms with Gasteiger partial charge >= 0.3 is 5.97 Å². The predicted molar refractivity (Wildman–Crippen MR) is 76.6 cm³/mol. The molecule has 4 nitrogen and oxygen atoms in total. The van der Waals surface area contributed by atoms with Crippen LogP contribution in [0.2, 0.25) is 0 Å². The molecular weight excluding hydrogens is 254 g/mol. The lowest BCUT2D eigenvalue weighted by atomic mass is 9.94. The van der Waals surface area contributed by atoms with Crippen molar-refractivity contribution < 1.29 is 9.90 Å². The van der Waals surface area contributed by atoms with Crippen LogP contribution in [0.25, 0.3) is 0 Å². The first-order valence-corrected chi connectivity index (χ1v) is 6.33. The molecule has 0 amide bonds. The molecule has 2 unspecified atom stereocenters. The maximum atomic E-state index is 11.2. The van der Waals surface area contributed by atoms with E-state index in [2.05, 4.69) is 5.18 Å². The van der Waals surface area contributed by atoms with Crippen molar-refractivity contribution in [3.63, 3.8) is 0 Å². The van der Waals surface area contributed by atoms with Crippen molar-refractivity contribution in [2.24, 2.45) is 5.18 Å². The number of nitroso groups, excluding NO2 is 1. The van der Waals surface area contributed by atoms with Crippen LogP contribution in [0.5, 0.6) is 0 Å². The molecule has 2 rings (SSSR count). The quantitative estimate of drug-likeness (QED) is 0.841. The van der Waals surface area contributed by atoms with E-state index >= 15 is 0 Å². The molecule has 4 heteroatoms. The van der Waals surface area contributed by atoms with E-state index in [1.807, 2.05) is 30.3 Å². The molecule has 1 N–H and O–H groups in total. The van der Waals surface area contributed by atoms with Crippen molar-refractivity contribution in [1.82, 2.24) is 0 Å². The van der Waals surface area contributed by atoms with Gasteiger partial charge in [-0.3, -0.25) is 4.79 Å². The molecule has 0 saturated heterocycles. The Hall–Kier alpha value is -2.49. The summed E-state index contributed by atoms with van der Waals surface area (Å²) >= 11 is 0. The van der Waals surface area contributed by atoms with E-state index in [1.165, 1.54) is 0 Å². The highest BCUT2D eigenvalue weighted by Crippen LogP contribution is 2.28. The van der Waals surface area contributed by atoms with E-state index in [1.54, 1.807) is 31.2 Å². The molecule has 0 bridgehead atoms. The van der Waals surface area contributed by atoms with Crippen LogP contribution < -0.4 is 0 Å². The first kappa shape index (κ1) is 13.9. The van der Waals surface area contributed by atoms with E-state index in [4.69, 9.17) is 5.11 Å². The number of carbonyl (C=O) groups is 1. The number of carboxylic acids is 1. The van der Waals surface area contributed by atoms with Gasteiger partial charge in [0.2, 0.25) is 0 Å². The molecule has 102 valence electrons. The molecule has 0 spiro atoms. The second-order valence-corrected chi connectivity index (χ2v) is 4.65.